The zero-order valence-corrected chi connectivity index (χ0v) is 25.0. The number of carbonyl (C=O) groups is 1. The molecule has 8 nitrogen and oxygen atoms in total. The van der Waals surface area contributed by atoms with Crippen LogP contribution in [0.15, 0.2) is 74.0 Å². The Kier molecular flexibility index (Phi) is 8.40. The van der Waals surface area contributed by atoms with Gasteiger partial charge in [0.25, 0.3) is 5.56 Å². The van der Waals surface area contributed by atoms with Crippen molar-refractivity contribution in [1.29, 1.82) is 0 Å². The predicted molar refractivity (Wildman–Crippen MR) is 159 cm³/mol. The molecule has 0 saturated carbocycles. The minimum absolute atomic E-state index is 0.178. The zero-order valence-electron chi connectivity index (χ0n) is 22.7. The molecule has 1 aliphatic heterocycles. The number of furan rings is 1. The summed E-state index contributed by atoms with van der Waals surface area (Å²) in [6.45, 7) is 5.91. The maximum Gasteiger partial charge on any atom is 0.338 e. The van der Waals surface area contributed by atoms with Gasteiger partial charge in [-0.2, -0.15) is 0 Å². The summed E-state index contributed by atoms with van der Waals surface area (Å²) < 4.78 is 24.5. The molecule has 212 valence electrons. The Morgan fingerprint density at radius 3 is 2.63 bits per heavy atom. The topological polar surface area (TPSA) is 92.3 Å². The van der Waals surface area contributed by atoms with Crippen LogP contribution >= 0.6 is 34.5 Å². The largest absolute Gasteiger partial charge is 0.493 e. The fourth-order valence-electron chi connectivity index (χ4n) is 4.63. The summed E-state index contributed by atoms with van der Waals surface area (Å²) in [4.78, 5) is 32.2. The summed E-state index contributed by atoms with van der Waals surface area (Å²) in [5.74, 6) is 1.44. The van der Waals surface area contributed by atoms with Crippen molar-refractivity contribution in [1.82, 2.24) is 4.57 Å². The maximum atomic E-state index is 13.9. The highest BCUT2D eigenvalue weighted by Gasteiger charge is 2.34. The second-order valence-corrected chi connectivity index (χ2v) is 10.8. The van der Waals surface area contributed by atoms with Gasteiger partial charge >= 0.3 is 5.97 Å². The molecule has 1 aliphatic rings. The summed E-state index contributed by atoms with van der Waals surface area (Å²) in [6, 6.07) is 13.1. The van der Waals surface area contributed by atoms with Crippen molar-refractivity contribution in [3.63, 3.8) is 0 Å². The van der Waals surface area contributed by atoms with Crippen molar-refractivity contribution in [2.75, 3.05) is 20.3 Å². The number of esters is 1. The number of ether oxygens (including phenoxy) is 3. The minimum Gasteiger partial charge on any atom is -0.493 e. The van der Waals surface area contributed by atoms with E-state index in [1.54, 1.807) is 75.6 Å². The van der Waals surface area contributed by atoms with E-state index in [0.29, 0.717) is 65.8 Å². The molecule has 0 spiro atoms. The monoisotopic (exact) mass is 612 g/mol. The van der Waals surface area contributed by atoms with Gasteiger partial charge in [0, 0.05) is 16.7 Å². The minimum atomic E-state index is -0.796. The third-order valence-electron chi connectivity index (χ3n) is 6.41. The van der Waals surface area contributed by atoms with E-state index in [9.17, 15) is 9.59 Å². The first-order valence-electron chi connectivity index (χ1n) is 12.8. The van der Waals surface area contributed by atoms with Gasteiger partial charge in [-0.3, -0.25) is 9.36 Å². The van der Waals surface area contributed by atoms with E-state index >= 15 is 0 Å². The average molecular weight is 614 g/mol. The number of nitrogens with zero attached hydrogens (tertiary/aromatic N) is 2. The van der Waals surface area contributed by atoms with E-state index in [2.05, 4.69) is 4.99 Å². The second-order valence-electron chi connectivity index (χ2n) is 8.97. The summed E-state index contributed by atoms with van der Waals surface area (Å²) in [7, 11) is 1.55. The Balaban J connectivity index is 1.66. The number of methoxy groups -OCH3 is 1. The molecule has 0 unspecified atom stereocenters. The van der Waals surface area contributed by atoms with E-state index in [1.165, 1.54) is 15.9 Å². The number of benzene rings is 2. The molecule has 2 aromatic carbocycles. The van der Waals surface area contributed by atoms with Crippen LogP contribution in [-0.2, 0) is 9.53 Å². The van der Waals surface area contributed by atoms with Crippen LogP contribution in [0.2, 0.25) is 10.0 Å². The van der Waals surface area contributed by atoms with E-state index in [0.717, 1.165) is 0 Å². The lowest BCUT2D eigenvalue weighted by Gasteiger charge is -2.25. The lowest BCUT2D eigenvalue weighted by Crippen LogP contribution is -2.39. The predicted octanol–water partition coefficient (Wildman–Crippen LogP) is 5.77. The van der Waals surface area contributed by atoms with Gasteiger partial charge in [0.05, 0.1) is 47.2 Å². The molecule has 5 rings (SSSR count). The fourth-order valence-corrected chi connectivity index (χ4v) is 6.04. The van der Waals surface area contributed by atoms with Crippen molar-refractivity contribution in [3.05, 3.63) is 101 Å². The Morgan fingerprint density at radius 2 is 1.90 bits per heavy atom. The molecule has 0 aliphatic carbocycles. The van der Waals surface area contributed by atoms with Crippen LogP contribution in [0.1, 0.15) is 38.1 Å². The molecule has 3 heterocycles. The van der Waals surface area contributed by atoms with Crippen molar-refractivity contribution >= 4 is 46.6 Å². The Hall–Kier alpha value is -3.79. The van der Waals surface area contributed by atoms with Crippen molar-refractivity contribution in [2.45, 2.75) is 26.8 Å². The molecule has 0 N–H and O–H groups in total. The molecule has 0 radical (unpaired) electrons. The van der Waals surface area contributed by atoms with Crippen LogP contribution in [0.3, 0.4) is 0 Å². The normalized spacial score (nSPS) is 15.0. The van der Waals surface area contributed by atoms with Gasteiger partial charge in [0.2, 0.25) is 0 Å². The summed E-state index contributed by atoms with van der Waals surface area (Å²) in [5, 5.41) is 1.01. The highest BCUT2D eigenvalue weighted by molar-refractivity contribution is 7.07. The number of allylic oxidation sites excluding steroid dienone is 1. The average Bonchev–Trinajstić information content (AvgIpc) is 3.53. The van der Waals surface area contributed by atoms with E-state index < -0.39 is 12.0 Å². The lowest BCUT2D eigenvalue weighted by molar-refractivity contribution is -0.139. The number of hydrogen-bond donors (Lipinski definition) is 0. The Labute approximate surface area is 249 Å². The van der Waals surface area contributed by atoms with Crippen LogP contribution < -0.4 is 24.4 Å². The summed E-state index contributed by atoms with van der Waals surface area (Å²) >= 11 is 13.7. The molecule has 2 aromatic heterocycles. The first-order valence-corrected chi connectivity index (χ1v) is 14.4. The van der Waals surface area contributed by atoms with Crippen LogP contribution in [-0.4, -0.2) is 30.9 Å². The lowest BCUT2D eigenvalue weighted by atomic mass is 9.95. The molecule has 1 atom stereocenters. The number of halogens is 2. The standard InChI is InChI=1S/C30H26Cl2N2O6S/c1-5-38-24-13-17(7-11-23(24)37-4)27-26(29(36)39-6-2)16(3)33-30-34(27)28(35)25(41-30)15-19-9-12-22(40-19)20-14-18(31)8-10-21(20)32/h7-15,27H,5-6H2,1-4H3/b25-15-/t27-/m0/s1. The molecular weight excluding hydrogens is 587 g/mol. The van der Waals surface area contributed by atoms with Gasteiger partial charge in [0.1, 0.15) is 11.5 Å². The molecule has 0 saturated heterocycles. The number of carbonyl (C=O) groups excluding carboxylic acids is 1. The van der Waals surface area contributed by atoms with Crippen molar-refractivity contribution in [2.24, 2.45) is 4.99 Å². The van der Waals surface area contributed by atoms with Gasteiger partial charge in [-0.05, 0) is 68.8 Å². The zero-order chi connectivity index (χ0) is 29.3. The highest BCUT2D eigenvalue weighted by atomic mass is 35.5. The second kappa shape index (κ2) is 12.0. The number of hydrogen-bond acceptors (Lipinski definition) is 8. The summed E-state index contributed by atoms with van der Waals surface area (Å²) in [5.41, 5.74) is 1.69. The van der Waals surface area contributed by atoms with Crippen molar-refractivity contribution < 1.29 is 23.4 Å². The van der Waals surface area contributed by atoms with Gasteiger partial charge in [-0.15, -0.1) is 0 Å². The summed E-state index contributed by atoms with van der Waals surface area (Å²) in [6.07, 6.45) is 1.64. The molecule has 0 bridgehead atoms. The van der Waals surface area contributed by atoms with Crippen LogP contribution in [0, 0.1) is 0 Å². The number of rotatable bonds is 8. The number of fused-ring (bicyclic) bond motifs is 1. The van der Waals surface area contributed by atoms with E-state index in [4.69, 9.17) is 41.8 Å². The van der Waals surface area contributed by atoms with Gasteiger partial charge in [-0.1, -0.05) is 40.6 Å². The first-order chi connectivity index (χ1) is 19.7. The van der Waals surface area contributed by atoms with E-state index in [-0.39, 0.29) is 17.7 Å². The van der Waals surface area contributed by atoms with Crippen molar-refractivity contribution in [3.8, 4) is 22.8 Å². The molecule has 0 amide bonds. The number of aromatic nitrogens is 1. The molecule has 41 heavy (non-hydrogen) atoms. The van der Waals surface area contributed by atoms with Gasteiger partial charge < -0.3 is 18.6 Å². The molecule has 4 aromatic rings. The third kappa shape index (κ3) is 5.57. The highest BCUT2D eigenvalue weighted by Crippen LogP contribution is 2.36. The Morgan fingerprint density at radius 1 is 1.10 bits per heavy atom. The maximum absolute atomic E-state index is 13.9. The molecule has 0 fully saturated rings. The fraction of sp³-hybridized carbons (Fsp3) is 0.233. The third-order valence-corrected chi connectivity index (χ3v) is 7.96. The van der Waals surface area contributed by atoms with Crippen LogP contribution in [0.4, 0.5) is 0 Å². The molecular formula is C30H26Cl2N2O6S. The van der Waals surface area contributed by atoms with Crippen LogP contribution in [0.25, 0.3) is 17.4 Å². The smallest absolute Gasteiger partial charge is 0.338 e. The molecule has 11 heteroatoms. The van der Waals surface area contributed by atoms with Gasteiger partial charge in [-0.25, -0.2) is 9.79 Å². The van der Waals surface area contributed by atoms with E-state index in [1.807, 2.05) is 6.92 Å². The number of thiazole rings is 1. The van der Waals surface area contributed by atoms with Crippen LogP contribution in [0.5, 0.6) is 11.5 Å². The van der Waals surface area contributed by atoms with Gasteiger partial charge in [0.15, 0.2) is 16.3 Å². The first kappa shape index (κ1) is 28.7. The Bertz CT molecular complexity index is 1850. The SMILES string of the molecule is CCOC(=O)C1=C(C)N=c2s/c(=C\c3ccc(-c4cc(Cl)ccc4Cl)o3)c(=O)n2[C@H]1c1ccc(OC)c(OCC)c1. The quantitative estimate of drug-likeness (QED) is 0.234.